The molecular weight excluding hydrogens is 369 g/mol. The normalized spacial score (nSPS) is 10.6. The fraction of sp³-hybridized carbons (Fsp3) is 0.111. The van der Waals surface area contributed by atoms with Crippen LogP contribution in [0.1, 0.15) is 5.56 Å². The Labute approximate surface area is 158 Å². The van der Waals surface area contributed by atoms with Crippen molar-refractivity contribution >= 4 is 23.7 Å². The van der Waals surface area contributed by atoms with E-state index in [1.54, 1.807) is 22.8 Å². The molecule has 138 valence electrons. The number of benzene rings is 2. The van der Waals surface area contributed by atoms with Crippen LogP contribution < -0.4 is 11.1 Å². The van der Waals surface area contributed by atoms with E-state index in [1.165, 1.54) is 6.07 Å². The Bertz CT molecular complexity index is 961. The van der Waals surface area contributed by atoms with Crippen molar-refractivity contribution in [3.63, 3.8) is 0 Å². The SMILES string of the molecule is NC(=O)NC(=O)CSc1nnc(-c2ccccc2F)n1Cc1ccccc1. The molecule has 27 heavy (non-hydrogen) atoms. The van der Waals surface area contributed by atoms with Crippen LogP contribution >= 0.6 is 11.8 Å². The number of halogens is 1. The van der Waals surface area contributed by atoms with Crippen LogP contribution in [0.15, 0.2) is 59.8 Å². The van der Waals surface area contributed by atoms with Gasteiger partial charge in [-0.1, -0.05) is 54.2 Å². The van der Waals surface area contributed by atoms with Gasteiger partial charge in [0, 0.05) is 0 Å². The van der Waals surface area contributed by atoms with Gasteiger partial charge in [0.25, 0.3) is 0 Å². The summed E-state index contributed by atoms with van der Waals surface area (Å²) in [4.78, 5) is 22.4. The third-order valence-electron chi connectivity index (χ3n) is 3.61. The second kappa shape index (κ2) is 8.45. The molecule has 0 aliphatic rings. The summed E-state index contributed by atoms with van der Waals surface area (Å²) in [5, 5.41) is 10.6. The lowest BCUT2D eigenvalue weighted by Crippen LogP contribution is -2.36. The van der Waals surface area contributed by atoms with E-state index in [9.17, 15) is 14.0 Å². The second-order valence-electron chi connectivity index (χ2n) is 5.56. The number of nitrogens with one attached hydrogen (secondary N) is 1. The summed E-state index contributed by atoms with van der Waals surface area (Å²) in [5.41, 5.74) is 6.22. The summed E-state index contributed by atoms with van der Waals surface area (Å²) in [7, 11) is 0. The molecule has 0 saturated carbocycles. The van der Waals surface area contributed by atoms with E-state index in [0.717, 1.165) is 17.3 Å². The highest BCUT2D eigenvalue weighted by molar-refractivity contribution is 7.99. The Balaban J connectivity index is 1.92. The van der Waals surface area contributed by atoms with Gasteiger partial charge in [0.1, 0.15) is 5.82 Å². The number of aromatic nitrogens is 3. The lowest BCUT2D eigenvalue weighted by Gasteiger charge is -2.11. The molecule has 0 radical (unpaired) electrons. The Morgan fingerprint density at radius 3 is 2.48 bits per heavy atom. The number of carbonyl (C=O) groups is 2. The van der Waals surface area contributed by atoms with Gasteiger partial charge in [-0.3, -0.25) is 14.7 Å². The number of nitrogens with two attached hydrogens (primary N) is 1. The van der Waals surface area contributed by atoms with E-state index in [1.807, 2.05) is 35.6 Å². The topological polar surface area (TPSA) is 103 Å². The smallest absolute Gasteiger partial charge is 0.318 e. The van der Waals surface area contributed by atoms with Gasteiger partial charge in [0.15, 0.2) is 11.0 Å². The molecule has 0 bridgehead atoms. The molecular formula is C18H16FN5O2S. The zero-order valence-electron chi connectivity index (χ0n) is 14.1. The Kier molecular flexibility index (Phi) is 5.82. The molecule has 2 aromatic carbocycles. The van der Waals surface area contributed by atoms with Crippen molar-refractivity contribution < 1.29 is 14.0 Å². The molecule has 9 heteroatoms. The van der Waals surface area contributed by atoms with Crippen molar-refractivity contribution in [2.24, 2.45) is 5.73 Å². The lowest BCUT2D eigenvalue weighted by molar-refractivity contribution is -0.117. The molecule has 1 aromatic heterocycles. The number of thioether (sulfide) groups is 1. The average Bonchev–Trinajstić information content (AvgIpc) is 3.03. The Morgan fingerprint density at radius 1 is 1.07 bits per heavy atom. The number of amides is 3. The van der Waals surface area contributed by atoms with E-state index in [0.29, 0.717) is 23.1 Å². The minimum atomic E-state index is -0.918. The maximum absolute atomic E-state index is 14.3. The Hall–Kier alpha value is -3.20. The number of rotatable bonds is 6. The highest BCUT2D eigenvalue weighted by atomic mass is 32.2. The first-order valence-electron chi connectivity index (χ1n) is 7.98. The van der Waals surface area contributed by atoms with Crippen LogP contribution in [0, 0.1) is 5.82 Å². The molecule has 3 aromatic rings. The minimum absolute atomic E-state index is 0.0763. The number of urea groups is 1. The quantitative estimate of drug-likeness (QED) is 0.635. The van der Waals surface area contributed by atoms with E-state index < -0.39 is 17.8 Å². The van der Waals surface area contributed by atoms with Crippen LogP contribution in [0.2, 0.25) is 0 Å². The number of hydrogen-bond donors (Lipinski definition) is 2. The van der Waals surface area contributed by atoms with Gasteiger partial charge < -0.3 is 5.73 Å². The number of primary amides is 1. The summed E-state index contributed by atoms with van der Waals surface area (Å²) >= 11 is 1.08. The van der Waals surface area contributed by atoms with Crippen molar-refractivity contribution in [2.45, 2.75) is 11.7 Å². The third kappa shape index (κ3) is 4.70. The molecule has 0 atom stereocenters. The number of imide groups is 1. The lowest BCUT2D eigenvalue weighted by atomic mass is 10.2. The first-order valence-corrected chi connectivity index (χ1v) is 8.97. The van der Waals surface area contributed by atoms with Gasteiger partial charge in [-0.05, 0) is 17.7 Å². The molecule has 7 nitrogen and oxygen atoms in total. The standard InChI is InChI=1S/C18H16FN5O2S/c19-14-9-5-4-8-13(14)16-22-23-18(27-11-15(25)21-17(20)26)24(16)10-12-6-2-1-3-7-12/h1-9H,10-11H2,(H3,20,21,25,26). The molecule has 3 rings (SSSR count). The first-order chi connectivity index (χ1) is 13.0. The first kappa shape index (κ1) is 18.6. The molecule has 0 unspecified atom stereocenters. The van der Waals surface area contributed by atoms with Crippen LogP contribution in [-0.2, 0) is 11.3 Å². The summed E-state index contributed by atoms with van der Waals surface area (Å²) < 4.78 is 16.0. The van der Waals surface area contributed by atoms with Crippen molar-refractivity contribution in [2.75, 3.05) is 5.75 Å². The summed E-state index contributed by atoms with van der Waals surface area (Å²) in [5.74, 6) is -0.682. The van der Waals surface area contributed by atoms with E-state index in [2.05, 4.69) is 10.2 Å². The van der Waals surface area contributed by atoms with Crippen LogP contribution in [0.5, 0.6) is 0 Å². The van der Waals surface area contributed by atoms with E-state index in [4.69, 9.17) is 5.73 Å². The van der Waals surface area contributed by atoms with Crippen molar-refractivity contribution in [1.82, 2.24) is 20.1 Å². The monoisotopic (exact) mass is 385 g/mol. The van der Waals surface area contributed by atoms with Gasteiger partial charge in [-0.25, -0.2) is 9.18 Å². The summed E-state index contributed by atoms with van der Waals surface area (Å²) in [6.07, 6.45) is 0. The fourth-order valence-electron chi connectivity index (χ4n) is 2.45. The summed E-state index contributed by atoms with van der Waals surface area (Å²) in [6, 6.07) is 14.9. The van der Waals surface area contributed by atoms with E-state index >= 15 is 0 Å². The minimum Gasteiger partial charge on any atom is -0.351 e. The molecule has 1 heterocycles. The molecule has 3 N–H and O–H groups in total. The van der Waals surface area contributed by atoms with Gasteiger partial charge in [-0.2, -0.15) is 0 Å². The molecule has 0 saturated heterocycles. The third-order valence-corrected chi connectivity index (χ3v) is 4.58. The maximum atomic E-state index is 14.3. The van der Waals surface area contributed by atoms with Gasteiger partial charge >= 0.3 is 6.03 Å². The van der Waals surface area contributed by atoms with E-state index in [-0.39, 0.29) is 5.75 Å². The van der Waals surface area contributed by atoms with Crippen molar-refractivity contribution in [3.8, 4) is 11.4 Å². The molecule has 0 spiro atoms. The largest absolute Gasteiger partial charge is 0.351 e. The zero-order valence-corrected chi connectivity index (χ0v) is 14.9. The maximum Gasteiger partial charge on any atom is 0.318 e. The van der Waals surface area contributed by atoms with Crippen molar-refractivity contribution in [1.29, 1.82) is 0 Å². The van der Waals surface area contributed by atoms with Crippen LogP contribution in [0.3, 0.4) is 0 Å². The number of carbonyl (C=O) groups excluding carboxylic acids is 2. The Morgan fingerprint density at radius 2 is 1.78 bits per heavy atom. The number of nitrogens with zero attached hydrogens (tertiary/aromatic N) is 3. The highest BCUT2D eigenvalue weighted by Gasteiger charge is 2.18. The summed E-state index contributed by atoms with van der Waals surface area (Å²) in [6.45, 7) is 0.400. The second-order valence-corrected chi connectivity index (χ2v) is 6.50. The molecule has 0 aliphatic carbocycles. The van der Waals surface area contributed by atoms with Gasteiger partial charge in [0.2, 0.25) is 5.91 Å². The highest BCUT2D eigenvalue weighted by Crippen LogP contribution is 2.26. The van der Waals surface area contributed by atoms with Crippen LogP contribution in [0.25, 0.3) is 11.4 Å². The average molecular weight is 385 g/mol. The fourth-order valence-corrected chi connectivity index (χ4v) is 3.19. The van der Waals surface area contributed by atoms with Crippen LogP contribution in [-0.4, -0.2) is 32.5 Å². The molecule has 0 aliphatic heterocycles. The van der Waals surface area contributed by atoms with Crippen LogP contribution in [0.4, 0.5) is 9.18 Å². The van der Waals surface area contributed by atoms with Gasteiger partial charge in [-0.15, -0.1) is 10.2 Å². The number of hydrogen-bond acceptors (Lipinski definition) is 5. The van der Waals surface area contributed by atoms with Crippen molar-refractivity contribution in [3.05, 3.63) is 66.0 Å². The van der Waals surface area contributed by atoms with Gasteiger partial charge in [0.05, 0.1) is 17.9 Å². The predicted octanol–water partition coefficient (Wildman–Crippen LogP) is 2.42. The molecule has 0 fully saturated rings. The zero-order chi connectivity index (χ0) is 19.2. The molecule has 3 amide bonds. The predicted molar refractivity (Wildman–Crippen MR) is 99.4 cm³/mol.